The molecule has 3 heterocycles. The Hall–Kier alpha value is -1.49. The molecule has 1 saturated carbocycles. The van der Waals surface area contributed by atoms with Crippen molar-refractivity contribution >= 4 is 5.96 Å². The van der Waals surface area contributed by atoms with E-state index in [1.54, 1.807) is 0 Å². The second-order valence-electron chi connectivity index (χ2n) is 8.35. The van der Waals surface area contributed by atoms with Crippen molar-refractivity contribution in [3.8, 4) is 0 Å². The van der Waals surface area contributed by atoms with Crippen molar-refractivity contribution in [1.29, 1.82) is 0 Å². The van der Waals surface area contributed by atoms with Gasteiger partial charge in [0, 0.05) is 26.7 Å². The highest BCUT2D eigenvalue weighted by molar-refractivity contribution is 5.80. The minimum Gasteiger partial charge on any atom is -0.465 e. The molecule has 144 valence electrons. The molecule has 4 rings (SSSR count). The fraction of sp³-hybridized carbons (Fsp3) is 0.762. The van der Waals surface area contributed by atoms with Crippen LogP contribution >= 0.6 is 0 Å². The number of likely N-dealkylation sites (tertiary alicyclic amines) is 2. The number of furan rings is 1. The van der Waals surface area contributed by atoms with Crippen LogP contribution in [0.25, 0.3) is 0 Å². The van der Waals surface area contributed by atoms with Crippen LogP contribution in [-0.2, 0) is 0 Å². The first-order chi connectivity index (χ1) is 12.7. The minimum atomic E-state index is 0.299. The Balaban J connectivity index is 1.41. The van der Waals surface area contributed by atoms with Gasteiger partial charge in [0.25, 0.3) is 0 Å². The molecule has 0 aromatic carbocycles. The first kappa shape index (κ1) is 17.9. The van der Waals surface area contributed by atoms with Crippen LogP contribution in [0.1, 0.15) is 56.1 Å². The zero-order valence-electron chi connectivity index (χ0n) is 16.4. The van der Waals surface area contributed by atoms with Gasteiger partial charge in [-0.1, -0.05) is 12.8 Å². The highest BCUT2D eigenvalue weighted by atomic mass is 16.3. The van der Waals surface area contributed by atoms with E-state index < -0.39 is 0 Å². The van der Waals surface area contributed by atoms with Crippen LogP contribution in [0.3, 0.4) is 0 Å². The van der Waals surface area contributed by atoms with Gasteiger partial charge < -0.3 is 14.6 Å². The van der Waals surface area contributed by atoms with Gasteiger partial charge in [-0.3, -0.25) is 9.89 Å². The van der Waals surface area contributed by atoms with Crippen LogP contribution in [0.4, 0.5) is 0 Å². The van der Waals surface area contributed by atoms with Gasteiger partial charge in [-0.05, 0) is 69.7 Å². The fourth-order valence-electron chi connectivity index (χ4n) is 5.19. The summed E-state index contributed by atoms with van der Waals surface area (Å²) in [6.07, 6.45) is 8.22. The predicted molar refractivity (Wildman–Crippen MR) is 105 cm³/mol. The number of nitrogens with one attached hydrogen (secondary N) is 1. The third-order valence-electron chi connectivity index (χ3n) is 6.61. The molecule has 1 aromatic rings. The lowest BCUT2D eigenvalue weighted by molar-refractivity contribution is 0.212. The highest BCUT2D eigenvalue weighted by Crippen LogP contribution is 2.36. The first-order valence-electron chi connectivity index (χ1n) is 10.5. The number of guanidine groups is 1. The van der Waals surface area contributed by atoms with Gasteiger partial charge in [0.2, 0.25) is 0 Å². The minimum absolute atomic E-state index is 0.299. The van der Waals surface area contributed by atoms with E-state index in [1.165, 1.54) is 64.7 Å². The first-order valence-corrected chi connectivity index (χ1v) is 10.5. The van der Waals surface area contributed by atoms with Crippen LogP contribution in [0, 0.1) is 18.8 Å². The topological polar surface area (TPSA) is 44.0 Å². The summed E-state index contributed by atoms with van der Waals surface area (Å²) in [5.74, 6) is 4.92. The number of hydrogen-bond acceptors (Lipinski definition) is 3. The van der Waals surface area contributed by atoms with Gasteiger partial charge in [-0.15, -0.1) is 0 Å². The second kappa shape index (κ2) is 8.03. The average Bonchev–Trinajstić information content (AvgIpc) is 3.39. The van der Waals surface area contributed by atoms with E-state index in [1.807, 2.05) is 14.0 Å². The maximum Gasteiger partial charge on any atom is 0.193 e. The van der Waals surface area contributed by atoms with E-state index in [9.17, 15) is 0 Å². The van der Waals surface area contributed by atoms with Crippen LogP contribution in [0.5, 0.6) is 0 Å². The van der Waals surface area contributed by atoms with Crippen LogP contribution in [0.2, 0.25) is 0 Å². The summed E-state index contributed by atoms with van der Waals surface area (Å²) in [6, 6.07) is 4.53. The number of hydrogen-bond donors (Lipinski definition) is 1. The van der Waals surface area contributed by atoms with Crippen molar-refractivity contribution in [1.82, 2.24) is 15.1 Å². The molecule has 1 aromatic heterocycles. The molecular weight excluding hydrogens is 324 g/mol. The zero-order chi connectivity index (χ0) is 17.9. The molecular formula is C21H34N4O. The summed E-state index contributed by atoms with van der Waals surface area (Å²) in [6.45, 7) is 7.59. The molecule has 2 aliphatic heterocycles. The molecule has 0 bridgehead atoms. The Labute approximate surface area is 157 Å². The lowest BCUT2D eigenvalue weighted by Gasteiger charge is -2.29. The van der Waals surface area contributed by atoms with Crippen LogP contribution in [-0.4, -0.2) is 55.5 Å². The van der Waals surface area contributed by atoms with E-state index in [0.717, 1.165) is 35.9 Å². The van der Waals surface area contributed by atoms with Crippen molar-refractivity contribution in [2.45, 2.75) is 51.5 Å². The van der Waals surface area contributed by atoms with Gasteiger partial charge in [0.1, 0.15) is 11.5 Å². The Morgan fingerprint density at radius 1 is 1.15 bits per heavy atom. The zero-order valence-corrected chi connectivity index (χ0v) is 16.4. The lowest BCUT2D eigenvalue weighted by atomic mass is 9.82. The van der Waals surface area contributed by atoms with E-state index in [2.05, 4.69) is 32.2 Å². The smallest absolute Gasteiger partial charge is 0.193 e. The monoisotopic (exact) mass is 358 g/mol. The highest BCUT2D eigenvalue weighted by Gasteiger charge is 2.36. The van der Waals surface area contributed by atoms with Crippen LogP contribution in [0.15, 0.2) is 21.5 Å². The molecule has 5 nitrogen and oxygen atoms in total. The van der Waals surface area contributed by atoms with Gasteiger partial charge in [-0.2, -0.15) is 0 Å². The molecule has 3 aliphatic rings. The summed E-state index contributed by atoms with van der Waals surface area (Å²) >= 11 is 0. The van der Waals surface area contributed by atoms with E-state index in [-0.39, 0.29) is 0 Å². The molecule has 26 heavy (non-hydrogen) atoms. The Kier molecular flexibility index (Phi) is 5.53. The number of rotatable bonds is 4. The molecule has 3 atom stereocenters. The third kappa shape index (κ3) is 3.78. The Morgan fingerprint density at radius 2 is 1.85 bits per heavy atom. The van der Waals surface area contributed by atoms with Gasteiger partial charge >= 0.3 is 0 Å². The SMILES string of the molecule is CN=C(NCC(c1ccc(C)o1)N1CCCC1)N1CC2CCCCC2C1. The van der Waals surface area contributed by atoms with Crippen molar-refractivity contribution in [2.75, 3.05) is 39.8 Å². The molecule has 1 aliphatic carbocycles. The average molecular weight is 359 g/mol. The molecule has 3 fully saturated rings. The number of fused-ring (bicyclic) bond motifs is 1. The summed E-state index contributed by atoms with van der Waals surface area (Å²) in [5, 5.41) is 3.68. The van der Waals surface area contributed by atoms with Gasteiger partial charge in [0.15, 0.2) is 5.96 Å². The predicted octanol–water partition coefficient (Wildman–Crippen LogP) is 3.42. The van der Waals surface area contributed by atoms with Crippen molar-refractivity contribution in [2.24, 2.45) is 16.8 Å². The molecule has 1 N–H and O–H groups in total. The molecule has 0 amide bonds. The second-order valence-corrected chi connectivity index (χ2v) is 8.35. The third-order valence-corrected chi connectivity index (χ3v) is 6.61. The number of nitrogens with zero attached hydrogens (tertiary/aromatic N) is 3. The molecule has 2 saturated heterocycles. The quantitative estimate of drug-likeness (QED) is 0.662. The van der Waals surface area contributed by atoms with Crippen LogP contribution < -0.4 is 5.32 Å². The lowest BCUT2D eigenvalue weighted by Crippen LogP contribution is -2.44. The summed E-state index contributed by atoms with van der Waals surface area (Å²) in [7, 11) is 1.92. The van der Waals surface area contributed by atoms with E-state index in [4.69, 9.17) is 4.42 Å². The Morgan fingerprint density at radius 3 is 2.42 bits per heavy atom. The van der Waals surface area contributed by atoms with Gasteiger partial charge in [-0.25, -0.2) is 0 Å². The fourth-order valence-corrected chi connectivity index (χ4v) is 5.19. The molecule has 0 spiro atoms. The van der Waals surface area contributed by atoms with E-state index >= 15 is 0 Å². The summed E-state index contributed by atoms with van der Waals surface area (Å²) in [4.78, 5) is 9.66. The molecule has 0 radical (unpaired) electrons. The van der Waals surface area contributed by atoms with Crippen molar-refractivity contribution in [3.05, 3.63) is 23.7 Å². The summed E-state index contributed by atoms with van der Waals surface area (Å²) in [5.41, 5.74) is 0. The molecule has 5 heteroatoms. The summed E-state index contributed by atoms with van der Waals surface area (Å²) < 4.78 is 5.99. The number of aryl methyl sites for hydroxylation is 1. The molecule has 3 unspecified atom stereocenters. The Bertz CT molecular complexity index is 605. The van der Waals surface area contributed by atoms with Crippen molar-refractivity contribution in [3.63, 3.8) is 0 Å². The maximum absolute atomic E-state index is 5.99. The number of aliphatic imine (C=N–C) groups is 1. The maximum atomic E-state index is 5.99. The normalized spacial score (nSPS) is 28.4. The van der Waals surface area contributed by atoms with E-state index in [0.29, 0.717) is 6.04 Å². The largest absolute Gasteiger partial charge is 0.465 e. The standard InChI is InChI=1S/C21H34N4O/c1-16-9-10-20(26-16)19(24-11-5-6-12-24)13-23-21(22-2)25-14-17-7-3-4-8-18(17)15-25/h9-10,17-19H,3-8,11-15H2,1-2H3,(H,22,23). The van der Waals surface area contributed by atoms with Gasteiger partial charge in [0.05, 0.1) is 6.04 Å². The van der Waals surface area contributed by atoms with Crippen molar-refractivity contribution < 1.29 is 4.42 Å².